The van der Waals surface area contributed by atoms with E-state index >= 15 is 0 Å². The van der Waals surface area contributed by atoms with Crippen molar-refractivity contribution < 1.29 is 5.11 Å². The van der Waals surface area contributed by atoms with Crippen LogP contribution >= 0.6 is 15.9 Å². The van der Waals surface area contributed by atoms with Crippen molar-refractivity contribution >= 4 is 21.8 Å². The van der Waals surface area contributed by atoms with Crippen LogP contribution in [-0.2, 0) is 0 Å². The van der Waals surface area contributed by atoms with Gasteiger partial charge in [-0.2, -0.15) is 0 Å². The standard InChI is InChI=1S/C26H51BrN2O/c1-3-4-5-6-7-8-9-10-11-12-13-14-15-16-17-18-19-20-21-22-24(30)26-28-25(27)23-29(26)2/h24-25,30H,3-23H2,1-2H3. The summed E-state index contributed by atoms with van der Waals surface area (Å²) in [7, 11) is 2.01. The average Bonchev–Trinajstić information content (AvgIpc) is 3.07. The van der Waals surface area contributed by atoms with E-state index in [9.17, 15) is 5.11 Å². The van der Waals surface area contributed by atoms with Gasteiger partial charge in [-0.15, -0.1) is 0 Å². The quantitative estimate of drug-likeness (QED) is 0.101. The van der Waals surface area contributed by atoms with Crippen LogP contribution in [0.15, 0.2) is 4.99 Å². The zero-order valence-electron chi connectivity index (χ0n) is 20.2. The summed E-state index contributed by atoms with van der Waals surface area (Å²) in [5, 5.41) is 10.3. The first-order chi connectivity index (χ1) is 14.6. The molecule has 1 rings (SSSR count). The lowest BCUT2D eigenvalue weighted by molar-refractivity contribution is 0.213. The smallest absolute Gasteiger partial charge is 0.129 e. The molecule has 1 aliphatic rings. The second-order valence-corrected chi connectivity index (χ2v) is 10.5. The molecule has 2 unspecified atom stereocenters. The van der Waals surface area contributed by atoms with Crippen LogP contribution in [0, 0.1) is 0 Å². The van der Waals surface area contributed by atoms with E-state index in [-0.39, 0.29) is 11.1 Å². The summed E-state index contributed by atoms with van der Waals surface area (Å²) in [4.78, 5) is 6.70. The first-order valence-electron chi connectivity index (χ1n) is 13.3. The van der Waals surface area contributed by atoms with Crippen LogP contribution < -0.4 is 0 Å². The fourth-order valence-electron chi connectivity index (χ4n) is 4.49. The Bertz CT molecular complexity index is 416. The molecule has 0 spiro atoms. The van der Waals surface area contributed by atoms with Gasteiger partial charge in [-0.05, 0) is 6.42 Å². The number of aliphatic imine (C=N–C) groups is 1. The highest BCUT2D eigenvalue weighted by molar-refractivity contribution is 9.09. The van der Waals surface area contributed by atoms with Gasteiger partial charge in [0.15, 0.2) is 0 Å². The van der Waals surface area contributed by atoms with Gasteiger partial charge in [0.2, 0.25) is 0 Å². The molecule has 30 heavy (non-hydrogen) atoms. The Morgan fingerprint density at radius 3 is 1.47 bits per heavy atom. The number of hydrogen-bond acceptors (Lipinski definition) is 3. The highest BCUT2D eigenvalue weighted by Crippen LogP contribution is 2.18. The van der Waals surface area contributed by atoms with Crippen molar-refractivity contribution in [2.24, 2.45) is 4.99 Å². The number of rotatable bonds is 21. The van der Waals surface area contributed by atoms with Crippen LogP contribution in [0.5, 0.6) is 0 Å². The van der Waals surface area contributed by atoms with E-state index in [2.05, 4.69) is 32.7 Å². The second kappa shape index (κ2) is 19.6. The number of aliphatic hydroxyl groups excluding tert-OH is 1. The number of nitrogens with zero attached hydrogens (tertiary/aromatic N) is 2. The topological polar surface area (TPSA) is 35.8 Å². The molecule has 1 aliphatic heterocycles. The Hall–Kier alpha value is -0.0900. The van der Waals surface area contributed by atoms with E-state index < -0.39 is 0 Å². The molecule has 4 heteroatoms. The maximum atomic E-state index is 10.3. The third-order valence-corrected chi connectivity index (χ3v) is 6.96. The van der Waals surface area contributed by atoms with Crippen LogP contribution in [0.4, 0.5) is 0 Å². The summed E-state index contributed by atoms with van der Waals surface area (Å²) in [5.74, 6) is 0.860. The molecule has 0 radical (unpaired) electrons. The van der Waals surface area contributed by atoms with Gasteiger partial charge in [-0.25, -0.2) is 0 Å². The molecule has 0 fully saturated rings. The molecule has 3 nitrogen and oxygen atoms in total. The van der Waals surface area contributed by atoms with E-state index in [1.807, 2.05) is 7.05 Å². The maximum Gasteiger partial charge on any atom is 0.129 e. The second-order valence-electron chi connectivity index (χ2n) is 9.47. The van der Waals surface area contributed by atoms with Crippen LogP contribution in [0.25, 0.3) is 0 Å². The van der Waals surface area contributed by atoms with Crippen molar-refractivity contribution in [3.63, 3.8) is 0 Å². The van der Waals surface area contributed by atoms with Crippen molar-refractivity contribution in [1.82, 2.24) is 4.90 Å². The molecule has 0 aromatic rings. The van der Waals surface area contributed by atoms with E-state index in [1.54, 1.807) is 0 Å². The Balaban J connectivity index is 1.74. The summed E-state index contributed by atoms with van der Waals surface area (Å²) < 4.78 is 0. The number of likely N-dealkylation sites (N-methyl/N-ethyl adjacent to an activating group) is 1. The van der Waals surface area contributed by atoms with Crippen molar-refractivity contribution in [3.05, 3.63) is 0 Å². The van der Waals surface area contributed by atoms with Gasteiger partial charge in [0.1, 0.15) is 16.9 Å². The Morgan fingerprint density at radius 1 is 0.767 bits per heavy atom. The summed E-state index contributed by atoms with van der Waals surface area (Å²) in [6, 6.07) is 0. The monoisotopic (exact) mass is 486 g/mol. The molecule has 0 aliphatic carbocycles. The highest BCUT2D eigenvalue weighted by Gasteiger charge is 2.25. The molecule has 0 amide bonds. The fraction of sp³-hybridized carbons (Fsp3) is 0.962. The van der Waals surface area contributed by atoms with E-state index in [0.29, 0.717) is 0 Å². The molecule has 1 heterocycles. The third kappa shape index (κ3) is 14.8. The summed E-state index contributed by atoms with van der Waals surface area (Å²) in [6.45, 7) is 3.16. The molecule has 178 valence electrons. The lowest BCUT2D eigenvalue weighted by Gasteiger charge is -2.18. The Labute approximate surface area is 196 Å². The highest BCUT2D eigenvalue weighted by atomic mass is 79.9. The minimum atomic E-state index is -0.386. The summed E-state index contributed by atoms with van der Waals surface area (Å²) >= 11 is 3.50. The van der Waals surface area contributed by atoms with Gasteiger partial charge in [-0.1, -0.05) is 145 Å². The van der Waals surface area contributed by atoms with Crippen LogP contribution in [0.2, 0.25) is 0 Å². The Kier molecular flexibility index (Phi) is 18.2. The number of aliphatic hydroxyl groups is 1. The number of alkyl halides is 1. The average molecular weight is 488 g/mol. The van der Waals surface area contributed by atoms with Gasteiger partial charge < -0.3 is 10.0 Å². The van der Waals surface area contributed by atoms with E-state index in [1.165, 1.54) is 116 Å². The lowest BCUT2D eigenvalue weighted by Crippen LogP contribution is -2.33. The predicted molar refractivity (Wildman–Crippen MR) is 137 cm³/mol. The minimum Gasteiger partial charge on any atom is -0.385 e. The largest absolute Gasteiger partial charge is 0.385 e. The fourth-order valence-corrected chi connectivity index (χ4v) is 5.13. The predicted octanol–water partition coefficient (Wildman–Crippen LogP) is 8.23. The van der Waals surface area contributed by atoms with Gasteiger partial charge >= 0.3 is 0 Å². The number of halogens is 1. The lowest BCUT2D eigenvalue weighted by atomic mass is 10.0. The van der Waals surface area contributed by atoms with E-state index in [4.69, 9.17) is 0 Å². The summed E-state index contributed by atoms with van der Waals surface area (Å²) in [6.07, 6.45) is 27.1. The molecular formula is C26H51BrN2O. The van der Waals surface area contributed by atoms with Gasteiger partial charge in [0.25, 0.3) is 0 Å². The molecule has 2 atom stereocenters. The molecule has 0 saturated carbocycles. The molecule has 1 N–H and O–H groups in total. The first kappa shape index (κ1) is 27.9. The van der Waals surface area contributed by atoms with Crippen molar-refractivity contribution in [3.8, 4) is 0 Å². The minimum absolute atomic E-state index is 0.150. The molecular weight excluding hydrogens is 436 g/mol. The molecule has 0 aromatic heterocycles. The van der Waals surface area contributed by atoms with Crippen LogP contribution in [0.1, 0.15) is 135 Å². The first-order valence-corrected chi connectivity index (χ1v) is 14.2. The zero-order chi connectivity index (χ0) is 21.9. The van der Waals surface area contributed by atoms with Crippen molar-refractivity contribution in [2.45, 2.75) is 146 Å². The normalized spacial score (nSPS) is 17.5. The van der Waals surface area contributed by atoms with Crippen LogP contribution in [0.3, 0.4) is 0 Å². The number of unbranched alkanes of at least 4 members (excludes halogenated alkanes) is 18. The van der Waals surface area contributed by atoms with Gasteiger partial charge in [0, 0.05) is 7.05 Å². The van der Waals surface area contributed by atoms with Crippen molar-refractivity contribution in [1.29, 1.82) is 0 Å². The molecule has 0 aromatic carbocycles. The van der Waals surface area contributed by atoms with Crippen molar-refractivity contribution in [2.75, 3.05) is 13.6 Å². The Morgan fingerprint density at radius 2 is 1.13 bits per heavy atom. The number of hydrogen-bond donors (Lipinski definition) is 1. The van der Waals surface area contributed by atoms with Crippen LogP contribution in [-0.4, -0.2) is 40.5 Å². The molecule has 0 saturated heterocycles. The molecule has 0 bridgehead atoms. The number of amidine groups is 1. The van der Waals surface area contributed by atoms with Gasteiger partial charge in [-0.3, -0.25) is 4.99 Å². The SMILES string of the molecule is CCCCCCCCCCCCCCCCCCCCCC(O)C1=NC(Br)CN1C. The van der Waals surface area contributed by atoms with E-state index in [0.717, 1.165) is 25.2 Å². The zero-order valence-corrected chi connectivity index (χ0v) is 21.8. The summed E-state index contributed by atoms with van der Waals surface area (Å²) in [5.41, 5.74) is 0. The maximum absolute atomic E-state index is 10.3. The van der Waals surface area contributed by atoms with Gasteiger partial charge in [0.05, 0.1) is 6.54 Å². The third-order valence-electron chi connectivity index (χ3n) is 6.47.